The van der Waals surface area contributed by atoms with E-state index in [4.69, 9.17) is 23.7 Å². The lowest BCUT2D eigenvalue weighted by atomic mass is 10.0. The molecule has 7 nitrogen and oxygen atoms in total. The quantitative estimate of drug-likeness (QED) is 0.624. The van der Waals surface area contributed by atoms with Gasteiger partial charge in [0.25, 0.3) is 0 Å². The van der Waals surface area contributed by atoms with Gasteiger partial charge in [-0.1, -0.05) is 27.7 Å². The molecule has 0 radical (unpaired) electrons. The van der Waals surface area contributed by atoms with E-state index in [9.17, 15) is 4.79 Å². The predicted octanol–water partition coefficient (Wildman–Crippen LogP) is -2.14. The zero-order valence-corrected chi connectivity index (χ0v) is 14.1. The number of carboxylic acids is 1. The van der Waals surface area contributed by atoms with Crippen molar-refractivity contribution in [3.05, 3.63) is 29.1 Å². The van der Waals surface area contributed by atoms with Crippen LogP contribution in [-0.2, 0) is 11.3 Å². The van der Waals surface area contributed by atoms with Crippen molar-refractivity contribution < 1.29 is 43.3 Å². The summed E-state index contributed by atoms with van der Waals surface area (Å²) in [5.74, 6) is -0.138. The first kappa shape index (κ1) is 20.8. The Kier molecular flexibility index (Phi) is 7.92. The van der Waals surface area contributed by atoms with Crippen LogP contribution in [0.15, 0.2) is 12.1 Å². The summed E-state index contributed by atoms with van der Waals surface area (Å²) in [4.78, 5) is 11.0. The molecule has 0 aliphatic carbocycles. The Morgan fingerprint density at radius 3 is 1.64 bits per heavy atom. The highest BCUT2D eigenvalue weighted by atomic mass is 35.7. The molecule has 126 valence electrons. The number of aromatic nitrogens is 1. The number of hydrogen-bond donors (Lipinski definition) is 1. The largest absolute Gasteiger partial charge is 0.477 e. The van der Waals surface area contributed by atoms with Gasteiger partial charge in [0, 0.05) is 24.0 Å². The second-order valence-corrected chi connectivity index (χ2v) is 6.31. The zero-order chi connectivity index (χ0) is 17.7. The van der Waals surface area contributed by atoms with E-state index in [1.807, 2.05) is 4.57 Å². The molecule has 0 amide bonds. The molecular formula is C14H22ClNO6. The van der Waals surface area contributed by atoms with E-state index in [0.29, 0.717) is 11.8 Å². The highest BCUT2D eigenvalue weighted by Gasteiger charge is 2.24. The highest BCUT2D eigenvalue weighted by molar-refractivity contribution is 5.64. The Hall–Kier alpha value is -1.25. The molecule has 1 aromatic heterocycles. The molecule has 1 heterocycles. The van der Waals surface area contributed by atoms with Gasteiger partial charge in [-0.3, -0.25) is 0 Å². The van der Waals surface area contributed by atoms with Gasteiger partial charge in [0.05, 0.1) is 0 Å². The average Bonchev–Trinajstić information content (AvgIpc) is 2.27. The molecule has 1 N–H and O–H groups in total. The van der Waals surface area contributed by atoms with E-state index in [1.54, 1.807) is 0 Å². The molecule has 1 rings (SSSR count). The molecule has 0 unspecified atom stereocenters. The van der Waals surface area contributed by atoms with Crippen molar-refractivity contribution in [3.8, 4) is 0 Å². The summed E-state index contributed by atoms with van der Waals surface area (Å²) in [7, 11) is -4.94. The van der Waals surface area contributed by atoms with Gasteiger partial charge in [-0.15, -0.1) is 10.2 Å². The van der Waals surface area contributed by atoms with E-state index < -0.39 is 16.2 Å². The molecule has 22 heavy (non-hydrogen) atoms. The molecule has 0 spiro atoms. The van der Waals surface area contributed by atoms with Crippen molar-refractivity contribution in [2.24, 2.45) is 0 Å². The van der Waals surface area contributed by atoms with Crippen molar-refractivity contribution in [2.75, 3.05) is 0 Å². The normalized spacial score (nSPS) is 11.4. The van der Waals surface area contributed by atoms with Gasteiger partial charge in [0.1, 0.15) is 0 Å². The first-order chi connectivity index (χ1) is 9.82. The number of aryl methyl sites for hydroxylation is 1. The molecule has 8 heteroatoms. The summed E-state index contributed by atoms with van der Waals surface area (Å²) in [6.07, 6.45) is 0. The minimum Gasteiger partial charge on any atom is -0.477 e. The van der Waals surface area contributed by atoms with Crippen LogP contribution in [0.25, 0.3) is 0 Å². The number of rotatable bonds is 4. The molecule has 0 aliphatic rings. The van der Waals surface area contributed by atoms with Crippen molar-refractivity contribution in [1.29, 1.82) is 0 Å². The van der Waals surface area contributed by atoms with Crippen LogP contribution < -0.4 is 23.2 Å². The Labute approximate surface area is 132 Å². The zero-order valence-electron chi connectivity index (χ0n) is 13.3. The van der Waals surface area contributed by atoms with Crippen LogP contribution in [0.2, 0.25) is 0 Å². The fourth-order valence-electron chi connectivity index (χ4n) is 2.09. The monoisotopic (exact) mass is 335 g/mol. The molecule has 0 saturated carbocycles. The third-order valence-electron chi connectivity index (χ3n) is 2.85. The maximum absolute atomic E-state index is 11.0. The van der Waals surface area contributed by atoms with Crippen LogP contribution in [0.1, 0.15) is 56.5 Å². The van der Waals surface area contributed by atoms with Gasteiger partial charge in [-0.2, -0.15) is 4.57 Å². The number of halogens is 1. The third-order valence-corrected chi connectivity index (χ3v) is 2.85. The van der Waals surface area contributed by atoms with E-state index in [2.05, 4.69) is 46.8 Å². The third kappa shape index (κ3) is 8.26. The fourth-order valence-corrected chi connectivity index (χ4v) is 2.09. The lowest BCUT2D eigenvalue weighted by Crippen LogP contribution is -2.68. The van der Waals surface area contributed by atoms with Gasteiger partial charge in [0.2, 0.25) is 6.54 Å². The predicted molar refractivity (Wildman–Crippen MR) is 67.2 cm³/mol. The van der Waals surface area contributed by atoms with Crippen LogP contribution in [0.4, 0.5) is 0 Å². The number of carboxylic acid groups (broad SMARTS) is 1. The van der Waals surface area contributed by atoms with Crippen molar-refractivity contribution in [2.45, 2.75) is 53.0 Å². The average molecular weight is 336 g/mol. The van der Waals surface area contributed by atoms with Gasteiger partial charge < -0.3 is 5.11 Å². The molecule has 0 saturated heterocycles. The summed E-state index contributed by atoms with van der Waals surface area (Å²) >= 11 is 0. The summed E-state index contributed by atoms with van der Waals surface area (Å²) in [6.45, 7) is 10.5. The minimum atomic E-state index is -4.94. The summed E-state index contributed by atoms with van der Waals surface area (Å²) in [5.41, 5.74) is 3.38. The van der Waals surface area contributed by atoms with Crippen molar-refractivity contribution in [1.82, 2.24) is 0 Å². The number of aliphatic carboxylic acids is 1. The first-order valence-corrected chi connectivity index (χ1v) is 7.94. The van der Waals surface area contributed by atoms with Crippen LogP contribution in [0.5, 0.6) is 0 Å². The van der Waals surface area contributed by atoms with Crippen molar-refractivity contribution >= 4 is 5.97 Å². The van der Waals surface area contributed by atoms with Gasteiger partial charge in [-0.05, 0) is 12.5 Å². The molecule has 0 atom stereocenters. The Morgan fingerprint density at radius 2 is 1.41 bits per heavy atom. The Balaban J connectivity index is 0.000000763. The first-order valence-electron chi connectivity index (χ1n) is 6.70. The Bertz CT molecular complexity index is 476. The second-order valence-electron chi connectivity index (χ2n) is 5.55. The van der Waals surface area contributed by atoms with E-state index in [-0.39, 0.29) is 6.54 Å². The summed E-state index contributed by atoms with van der Waals surface area (Å²) in [6, 6.07) is 4.17. The Morgan fingerprint density at radius 1 is 1.09 bits per heavy atom. The SMILES string of the molecule is Cc1cc(C(C)C)[n+](CC(=O)O)c(C(C)C)c1.[O-][Cl+3]([O-])([O-])[O-]. The topological polar surface area (TPSA) is 133 Å². The number of pyridine rings is 1. The van der Waals surface area contributed by atoms with E-state index >= 15 is 0 Å². The van der Waals surface area contributed by atoms with Crippen LogP contribution >= 0.6 is 0 Å². The maximum atomic E-state index is 11.0. The van der Waals surface area contributed by atoms with E-state index in [1.165, 1.54) is 5.56 Å². The summed E-state index contributed by atoms with van der Waals surface area (Å²) in [5, 5.41) is 9.03. The smallest absolute Gasteiger partial charge is 0.370 e. The van der Waals surface area contributed by atoms with Crippen LogP contribution in [0, 0.1) is 17.2 Å². The molecule has 1 aromatic rings. The second kappa shape index (κ2) is 8.40. The molecular weight excluding hydrogens is 314 g/mol. The van der Waals surface area contributed by atoms with Gasteiger partial charge >= 0.3 is 5.97 Å². The fraction of sp³-hybridized carbons (Fsp3) is 0.571. The lowest BCUT2D eigenvalue weighted by Gasteiger charge is -2.17. The van der Waals surface area contributed by atoms with Gasteiger partial charge in [-0.25, -0.2) is 23.4 Å². The number of hydrogen-bond acceptors (Lipinski definition) is 5. The lowest BCUT2D eigenvalue weighted by molar-refractivity contribution is -2.00. The number of carbonyl (C=O) groups is 1. The van der Waals surface area contributed by atoms with Gasteiger partial charge in [0.15, 0.2) is 11.4 Å². The standard InChI is InChI=1S/C14H21NO2.ClHO4/c1-9(2)12-6-11(5)7-13(10(3)4)15(12)8-14(16)17;2-1(3,4)5/h6-7,9-10H,8H2,1-5H3;(H,2,3,4,5). The number of nitrogens with zero attached hydrogens (tertiary/aromatic N) is 1. The van der Waals surface area contributed by atoms with Crippen LogP contribution in [0.3, 0.4) is 0 Å². The molecule has 0 bridgehead atoms. The maximum Gasteiger partial charge on any atom is 0.370 e. The van der Waals surface area contributed by atoms with Crippen LogP contribution in [-0.4, -0.2) is 11.1 Å². The highest BCUT2D eigenvalue weighted by Crippen LogP contribution is 2.17. The van der Waals surface area contributed by atoms with Crippen molar-refractivity contribution in [3.63, 3.8) is 0 Å². The summed E-state index contributed by atoms with van der Waals surface area (Å²) < 4.78 is 35.9. The molecule has 0 aliphatic heterocycles. The minimum absolute atomic E-state index is 0.0430. The van der Waals surface area contributed by atoms with E-state index in [0.717, 1.165) is 11.4 Å². The molecule has 0 aromatic carbocycles. The molecule has 0 fully saturated rings.